The van der Waals surface area contributed by atoms with Crippen molar-refractivity contribution in [3.63, 3.8) is 0 Å². The predicted molar refractivity (Wildman–Crippen MR) is 110 cm³/mol. The summed E-state index contributed by atoms with van der Waals surface area (Å²) in [6.45, 7) is 2.10. The van der Waals surface area contributed by atoms with E-state index in [4.69, 9.17) is 4.98 Å². The van der Waals surface area contributed by atoms with Gasteiger partial charge in [0.15, 0.2) is 0 Å². The number of carbonyl (C=O) groups excluding carboxylic acids is 2. The molecule has 1 aliphatic carbocycles. The first-order valence-electron chi connectivity index (χ1n) is 10.7. The van der Waals surface area contributed by atoms with Crippen LogP contribution in [0, 0.1) is 0 Å². The standard InChI is InChI=1S/C23H29N3O2/c27-21(26-15-7-1-2-8-16-26)13-14-24-23(28)22-17-9-3-5-11-19(17)25-20-12-6-4-10-18(20)22/h3,5,9,11H,1-2,4,6-8,10,12-16H2,(H,24,28). The van der Waals surface area contributed by atoms with Crippen LogP contribution in [0.1, 0.15) is 66.6 Å². The van der Waals surface area contributed by atoms with Gasteiger partial charge in [0.05, 0.1) is 11.1 Å². The summed E-state index contributed by atoms with van der Waals surface area (Å²) >= 11 is 0. The first kappa shape index (κ1) is 18.9. The fourth-order valence-electron chi connectivity index (χ4n) is 4.48. The molecular weight excluding hydrogens is 350 g/mol. The van der Waals surface area contributed by atoms with E-state index in [1.807, 2.05) is 29.2 Å². The second-order valence-electron chi connectivity index (χ2n) is 7.94. The van der Waals surface area contributed by atoms with Crippen LogP contribution in [0.2, 0.25) is 0 Å². The van der Waals surface area contributed by atoms with E-state index in [0.29, 0.717) is 13.0 Å². The molecule has 1 aromatic heterocycles. The van der Waals surface area contributed by atoms with Crippen molar-refractivity contribution in [1.82, 2.24) is 15.2 Å². The molecule has 2 heterocycles. The van der Waals surface area contributed by atoms with Crippen LogP contribution >= 0.6 is 0 Å². The summed E-state index contributed by atoms with van der Waals surface area (Å²) in [5.74, 6) is 0.0873. The number of aromatic nitrogens is 1. The highest BCUT2D eigenvalue weighted by Crippen LogP contribution is 2.29. The first-order valence-corrected chi connectivity index (χ1v) is 10.7. The lowest BCUT2D eigenvalue weighted by Gasteiger charge is -2.21. The zero-order chi connectivity index (χ0) is 19.3. The van der Waals surface area contributed by atoms with E-state index in [1.165, 1.54) is 12.8 Å². The van der Waals surface area contributed by atoms with Gasteiger partial charge in [0, 0.05) is 37.1 Å². The lowest BCUT2D eigenvalue weighted by atomic mass is 9.89. The summed E-state index contributed by atoms with van der Waals surface area (Å²) in [6, 6.07) is 7.88. The van der Waals surface area contributed by atoms with Gasteiger partial charge in [-0.05, 0) is 50.2 Å². The summed E-state index contributed by atoms with van der Waals surface area (Å²) in [4.78, 5) is 32.3. The van der Waals surface area contributed by atoms with Crippen LogP contribution in [0.3, 0.4) is 0 Å². The zero-order valence-corrected chi connectivity index (χ0v) is 16.5. The number of para-hydroxylation sites is 1. The van der Waals surface area contributed by atoms with E-state index < -0.39 is 0 Å². The highest BCUT2D eigenvalue weighted by atomic mass is 16.2. The summed E-state index contributed by atoms with van der Waals surface area (Å²) < 4.78 is 0. The van der Waals surface area contributed by atoms with Crippen LogP contribution in [-0.4, -0.2) is 41.3 Å². The van der Waals surface area contributed by atoms with Gasteiger partial charge in [-0.3, -0.25) is 14.6 Å². The number of hydrogen-bond acceptors (Lipinski definition) is 3. The van der Waals surface area contributed by atoms with Gasteiger partial charge in [0.25, 0.3) is 5.91 Å². The number of likely N-dealkylation sites (tertiary alicyclic amines) is 1. The van der Waals surface area contributed by atoms with Crippen molar-refractivity contribution in [2.24, 2.45) is 0 Å². The van der Waals surface area contributed by atoms with E-state index in [9.17, 15) is 9.59 Å². The molecule has 0 saturated carbocycles. The third-order valence-electron chi connectivity index (χ3n) is 5.98. The van der Waals surface area contributed by atoms with Gasteiger partial charge >= 0.3 is 0 Å². The number of pyridine rings is 1. The van der Waals surface area contributed by atoms with Crippen molar-refractivity contribution in [3.8, 4) is 0 Å². The largest absolute Gasteiger partial charge is 0.351 e. The molecular formula is C23H29N3O2. The quantitative estimate of drug-likeness (QED) is 0.882. The Hall–Kier alpha value is -2.43. The van der Waals surface area contributed by atoms with E-state index in [0.717, 1.165) is 79.3 Å². The fraction of sp³-hybridized carbons (Fsp3) is 0.522. The number of rotatable bonds is 4. The average molecular weight is 380 g/mol. The number of hydrogen-bond donors (Lipinski definition) is 1. The zero-order valence-electron chi connectivity index (χ0n) is 16.5. The number of carbonyl (C=O) groups is 2. The molecule has 0 radical (unpaired) electrons. The maximum Gasteiger partial charge on any atom is 0.252 e. The summed E-state index contributed by atoms with van der Waals surface area (Å²) in [5.41, 5.74) is 3.81. The third-order valence-corrected chi connectivity index (χ3v) is 5.98. The molecule has 0 atom stereocenters. The smallest absolute Gasteiger partial charge is 0.252 e. The molecule has 1 aliphatic heterocycles. The maximum atomic E-state index is 13.1. The number of benzene rings is 1. The molecule has 28 heavy (non-hydrogen) atoms. The summed E-state index contributed by atoms with van der Waals surface area (Å²) in [5, 5.41) is 3.93. The average Bonchev–Trinajstić information content (AvgIpc) is 3.01. The second kappa shape index (κ2) is 8.72. The Bertz CT molecular complexity index is 870. The van der Waals surface area contributed by atoms with Crippen LogP contribution < -0.4 is 5.32 Å². The van der Waals surface area contributed by atoms with Crippen LogP contribution in [0.25, 0.3) is 10.9 Å². The first-order chi connectivity index (χ1) is 13.7. The Morgan fingerprint density at radius 1 is 0.964 bits per heavy atom. The minimum atomic E-state index is -0.0691. The molecule has 1 aromatic carbocycles. The van der Waals surface area contributed by atoms with Crippen LogP contribution in [-0.2, 0) is 17.6 Å². The van der Waals surface area contributed by atoms with Gasteiger partial charge in [-0.25, -0.2) is 0 Å². The van der Waals surface area contributed by atoms with Crippen molar-refractivity contribution in [1.29, 1.82) is 0 Å². The van der Waals surface area contributed by atoms with E-state index in [2.05, 4.69) is 5.32 Å². The highest BCUT2D eigenvalue weighted by molar-refractivity contribution is 6.07. The molecule has 1 N–H and O–H groups in total. The number of amides is 2. The molecule has 2 amide bonds. The monoisotopic (exact) mass is 379 g/mol. The minimum absolute atomic E-state index is 0.0691. The van der Waals surface area contributed by atoms with Crippen LogP contribution in [0.4, 0.5) is 0 Å². The predicted octanol–water partition coefficient (Wildman–Crippen LogP) is 3.64. The molecule has 4 rings (SSSR count). The lowest BCUT2D eigenvalue weighted by Crippen LogP contribution is -2.35. The highest BCUT2D eigenvalue weighted by Gasteiger charge is 2.23. The number of nitrogens with zero attached hydrogens (tertiary/aromatic N) is 2. The van der Waals surface area contributed by atoms with Gasteiger partial charge in [-0.15, -0.1) is 0 Å². The Kier molecular flexibility index (Phi) is 5.89. The van der Waals surface area contributed by atoms with Crippen LogP contribution in [0.5, 0.6) is 0 Å². The third kappa shape index (κ3) is 4.03. The second-order valence-corrected chi connectivity index (χ2v) is 7.94. The molecule has 0 spiro atoms. The lowest BCUT2D eigenvalue weighted by molar-refractivity contribution is -0.131. The van der Waals surface area contributed by atoms with Crippen molar-refractivity contribution < 1.29 is 9.59 Å². The molecule has 148 valence electrons. The molecule has 0 unspecified atom stereocenters. The van der Waals surface area contributed by atoms with Gasteiger partial charge in [-0.2, -0.15) is 0 Å². The maximum absolute atomic E-state index is 13.1. The fourth-order valence-corrected chi connectivity index (χ4v) is 4.48. The van der Waals surface area contributed by atoms with E-state index >= 15 is 0 Å². The Labute approximate surface area is 166 Å². The van der Waals surface area contributed by atoms with Crippen molar-refractivity contribution >= 4 is 22.7 Å². The number of nitrogens with one attached hydrogen (secondary N) is 1. The molecule has 2 aromatic rings. The van der Waals surface area contributed by atoms with Crippen molar-refractivity contribution in [3.05, 3.63) is 41.1 Å². The number of fused-ring (bicyclic) bond motifs is 2. The Balaban J connectivity index is 1.47. The SMILES string of the molecule is O=C(NCCC(=O)N1CCCCCC1)c1c2c(nc3ccccc13)CCCC2. The van der Waals surface area contributed by atoms with Gasteiger partial charge in [0.2, 0.25) is 5.91 Å². The topological polar surface area (TPSA) is 62.3 Å². The molecule has 1 saturated heterocycles. The number of aryl methyl sites for hydroxylation is 1. The van der Waals surface area contributed by atoms with Gasteiger partial charge < -0.3 is 10.2 Å². The molecule has 1 fully saturated rings. The summed E-state index contributed by atoms with van der Waals surface area (Å²) in [7, 11) is 0. The minimum Gasteiger partial charge on any atom is -0.351 e. The molecule has 0 bridgehead atoms. The van der Waals surface area contributed by atoms with Gasteiger partial charge in [0.1, 0.15) is 0 Å². The van der Waals surface area contributed by atoms with E-state index in [-0.39, 0.29) is 11.8 Å². The van der Waals surface area contributed by atoms with Gasteiger partial charge in [-0.1, -0.05) is 31.0 Å². The normalized spacial score (nSPS) is 17.1. The molecule has 2 aliphatic rings. The Morgan fingerprint density at radius 2 is 1.71 bits per heavy atom. The van der Waals surface area contributed by atoms with E-state index in [1.54, 1.807) is 0 Å². The molecule has 5 heteroatoms. The molecule has 5 nitrogen and oxygen atoms in total. The Morgan fingerprint density at radius 3 is 2.54 bits per heavy atom. The van der Waals surface area contributed by atoms with Crippen LogP contribution in [0.15, 0.2) is 24.3 Å². The summed E-state index contributed by atoms with van der Waals surface area (Å²) in [6.07, 6.45) is 9.04. The van der Waals surface area contributed by atoms with Crippen molar-refractivity contribution in [2.75, 3.05) is 19.6 Å². The van der Waals surface area contributed by atoms with Crippen molar-refractivity contribution in [2.45, 2.75) is 57.8 Å².